The lowest BCUT2D eigenvalue weighted by Crippen LogP contribution is -2.54. The molecule has 158 valence electrons. The first-order valence-electron chi connectivity index (χ1n) is 9.34. The second-order valence-electron chi connectivity index (χ2n) is 6.42. The van der Waals surface area contributed by atoms with Gasteiger partial charge in [0, 0.05) is 63.2 Å². The van der Waals surface area contributed by atoms with Gasteiger partial charge < -0.3 is 14.8 Å². The van der Waals surface area contributed by atoms with Crippen LogP contribution >= 0.6 is 0 Å². The fourth-order valence-electron chi connectivity index (χ4n) is 3.11. The first-order chi connectivity index (χ1) is 13.3. The molecule has 0 spiro atoms. The van der Waals surface area contributed by atoms with Crippen LogP contribution < -0.4 is 14.8 Å². The number of carbonyl (C=O) groups is 1. The van der Waals surface area contributed by atoms with Crippen molar-refractivity contribution in [3.63, 3.8) is 0 Å². The lowest BCUT2D eigenvalue weighted by molar-refractivity contribution is -0.117. The minimum Gasteiger partial charge on any atom is -0.497 e. The Hall–Kier alpha value is -1.88. The van der Waals surface area contributed by atoms with Crippen molar-refractivity contribution in [3.05, 3.63) is 18.2 Å². The fraction of sp³-hybridized carbons (Fsp3) is 0.611. The summed E-state index contributed by atoms with van der Waals surface area (Å²) >= 11 is 0. The summed E-state index contributed by atoms with van der Waals surface area (Å²) in [5, 5.41) is 2.84. The number of benzene rings is 1. The molecule has 1 aromatic rings. The van der Waals surface area contributed by atoms with Gasteiger partial charge in [0.25, 0.3) is 10.2 Å². The van der Waals surface area contributed by atoms with E-state index in [1.54, 1.807) is 32.4 Å². The number of rotatable bonds is 9. The predicted molar refractivity (Wildman–Crippen MR) is 108 cm³/mol. The molecule has 1 aliphatic rings. The number of hydrogen-bond acceptors (Lipinski definition) is 6. The molecule has 0 aliphatic carbocycles. The average molecular weight is 415 g/mol. The summed E-state index contributed by atoms with van der Waals surface area (Å²) in [5.74, 6) is 1.00. The normalized spacial score (nSPS) is 16.2. The molecule has 9 nitrogen and oxygen atoms in total. The fourth-order valence-corrected chi connectivity index (χ4v) is 4.72. The summed E-state index contributed by atoms with van der Waals surface area (Å²) in [6.45, 7) is 6.52. The molecule has 2 rings (SSSR count). The van der Waals surface area contributed by atoms with E-state index >= 15 is 0 Å². The van der Waals surface area contributed by atoms with Crippen LogP contribution in [0.15, 0.2) is 18.2 Å². The van der Waals surface area contributed by atoms with Crippen LogP contribution in [0.1, 0.15) is 13.8 Å². The standard InChI is InChI=1S/C18H30N4O5S/c1-5-21(6-2)28(24,25)22-9-7-20(8-10-22)14-18(23)19-15-11-16(26-3)13-17(12-15)27-4/h11-13H,5-10,14H2,1-4H3,(H,19,23). The minimum absolute atomic E-state index is 0.171. The van der Waals surface area contributed by atoms with E-state index in [1.165, 1.54) is 8.61 Å². The Labute approximate surface area is 167 Å². The van der Waals surface area contributed by atoms with Crippen molar-refractivity contribution in [3.8, 4) is 11.5 Å². The van der Waals surface area contributed by atoms with Crippen LogP contribution in [0.25, 0.3) is 0 Å². The summed E-state index contributed by atoms with van der Waals surface area (Å²) in [7, 11) is -0.333. The van der Waals surface area contributed by atoms with Crippen LogP contribution in [-0.2, 0) is 15.0 Å². The van der Waals surface area contributed by atoms with Crippen LogP contribution in [-0.4, -0.2) is 87.9 Å². The Balaban J connectivity index is 1.90. The zero-order chi connectivity index (χ0) is 20.7. The van der Waals surface area contributed by atoms with Crippen LogP contribution in [0.2, 0.25) is 0 Å². The maximum absolute atomic E-state index is 12.6. The molecular weight excluding hydrogens is 384 g/mol. The van der Waals surface area contributed by atoms with Gasteiger partial charge in [-0.1, -0.05) is 13.8 Å². The van der Waals surface area contributed by atoms with E-state index in [2.05, 4.69) is 5.32 Å². The molecule has 0 atom stereocenters. The van der Waals surface area contributed by atoms with Crippen LogP contribution in [0, 0.1) is 0 Å². The number of nitrogens with one attached hydrogen (secondary N) is 1. The Morgan fingerprint density at radius 2 is 1.57 bits per heavy atom. The predicted octanol–water partition coefficient (Wildman–Crippen LogP) is 0.847. The zero-order valence-electron chi connectivity index (χ0n) is 17.0. The maximum Gasteiger partial charge on any atom is 0.282 e. The van der Waals surface area contributed by atoms with Gasteiger partial charge in [0.2, 0.25) is 5.91 Å². The van der Waals surface area contributed by atoms with E-state index in [-0.39, 0.29) is 12.5 Å². The summed E-state index contributed by atoms with van der Waals surface area (Å²) < 4.78 is 38.5. The lowest BCUT2D eigenvalue weighted by atomic mass is 10.2. The van der Waals surface area contributed by atoms with Crippen molar-refractivity contribution in [2.24, 2.45) is 0 Å². The molecule has 1 aliphatic heterocycles. The largest absolute Gasteiger partial charge is 0.497 e. The summed E-state index contributed by atoms with van der Waals surface area (Å²) in [6, 6.07) is 5.16. The highest BCUT2D eigenvalue weighted by atomic mass is 32.2. The van der Waals surface area contributed by atoms with Gasteiger partial charge in [-0.25, -0.2) is 0 Å². The third-order valence-corrected chi connectivity index (χ3v) is 6.88. The molecule has 1 aromatic carbocycles. The van der Waals surface area contributed by atoms with Crippen molar-refractivity contribution in [1.82, 2.24) is 13.5 Å². The number of nitrogens with zero attached hydrogens (tertiary/aromatic N) is 3. The highest BCUT2D eigenvalue weighted by Crippen LogP contribution is 2.25. The molecule has 28 heavy (non-hydrogen) atoms. The molecule has 0 saturated carbocycles. The Morgan fingerprint density at radius 3 is 2.04 bits per heavy atom. The van der Waals surface area contributed by atoms with Crippen LogP contribution in [0.4, 0.5) is 5.69 Å². The van der Waals surface area contributed by atoms with E-state index < -0.39 is 10.2 Å². The quantitative estimate of drug-likeness (QED) is 0.644. The Bertz CT molecular complexity index is 737. The number of piperazine rings is 1. The van der Waals surface area contributed by atoms with Gasteiger partial charge in [-0.15, -0.1) is 0 Å². The number of amides is 1. The van der Waals surface area contributed by atoms with E-state index in [0.717, 1.165) is 0 Å². The van der Waals surface area contributed by atoms with E-state index in [1.807, 2.05) is 18.7 Å². The van der Waals surface area contributed by atoms with Gasteiger partial charge in [0.1, 0.15) is 11.5 Å². The first-order valence-corrected chi connectivity index (χ1v) is 10.7. The third-order valence-electron chi connectivity index (χ3n) is 4.69. The molecule has 0 radical (unpaired) electrons. The average Bonchev–Trinajstić information content (AvgIpc) is 2.68. The van der Waals surface area contributed by atoms with E-state index in [4.69, 9.17) is 9.47 Å². The van der Waals surface area contributed by atoms with Gasteiger partial charge in [0.05, 0.1) is 20.8 Å². The minimum atomic E-state index is -3.43. The van der Waals surface area contributed by atoms with Crippen LogP contribution in [0.3, 0.4) is 0 Å². The second kappa shape index (κ2) is 10.1. The molecule has 10 heteroatoms. The zero-order valence-corrected chi connectivity index (χ0v) is 17.8. The number of hydrogen-bond donors (Lipinski definition) is 1. The Morgan fingerprint density at radius 1 is 1.04 bits per heavy atom. The Kier molecular flexibility index (Phi) is 8.05. The molecule has 0 aromatic heterocycles. The molecule has 0 unspecified atom stereocenters. The number of anilines is 1. The topological polar surface area (TPSA) is 91.4 Å². The van der Waals surface area contributed by atoms with E-state index in [9.17, 15) is 13.2 Å². The summed E-state index contributed by atoms with van der Waals surface area (Å²) in [6.07, 6.45) is 0. The van der Waals surface area contributed by atoms with Gasteiger partial charge in [0.15, 0.2) is 0 Å². The number of ether oxygens (including phenoxy) is 2. The maximum atomic E-state index is 12.6. The first kappa shape index (κ1) is 22.4. The highest BCUT2D eigenvalue weighted by Gasteiger charge is 2.31. The molecule has 1 N–H and O–H groups in total. The molecule has 1 fully saturated rings. The molecule has 1 saturated heterocycles. The third kappa shape index (κ3) is 5.57. The van der Waals surface area contributed by atoms with Crippen molar-refractivity contribution >= 4 is 21.8 Å². The molecule has 0 bridgehead atoms. The second-order valence-corrected chi connectivity index (χ2v) is 8.35. The molecule has 1 amide bonds. The lowest BCUT2D eigenvalue weighted by Gasteiger charge is -2.35. The molecule has 1 heterocycles. The van der Waals surface area contributed by atoms with Gasteiger partial charge in [-0.3, -0.25) is 9.69 Å². The highest BCUT2D eigenvalue weighted by molar-refractivity contribution is 7.86. The van der Waals surface area contributed by atoms with Gasteiger partial charge >= 0.3 is 0 Å². The number of methoxy groups -OCH3 is 2. The van der Waals surface area contributed by atoms with Crippen molar-refractivity contribution in [1.29, 1.82) is 0 Å². The molecular formula is C18H30N4O5S. The van der Waals surface area contributed by atoms with Crippen LogP contribution in [0.5, 0.6) is 11.5 Å². The van der Waals surface area contributed by atoms with Crippen molar-refractivity contribution < 1.29 is 22.7 Å². The van der Waals surface area contributed by atoms with Crippen molar-refractivity contribution in [2.75, 3.05) is 65.3 Å². The van der Waals surface area contributed by atoms with Gasteiger partial charge in [-0.2, -0.15) is 17.0 Å². The van der Waals surface area contributed by atoms with Gasteiger partial charge in [-0.05, 0) is 0 Å². The summed E-state index contributed by atoms with van der Waals surface area (Å²) in [5.41, 5.74) is 0.587. The monoisotopic (exact) mass is 414 g/mol. The van der Waals surface area contributed by atoms with Crippen molar-refractivity contribution in [2.45, 2.75) is 13.8 Å². The summed E-state index contributed by atoms with van der Waals surface area (Å²) in [4.78, 5) is 14.3. The SMILES string of the molecule is CCN(CC)S(=O)(=O)N1CCN(CC(=O)Nc2cc(OC)cc(OC)c2)CC1. The van der Waals surface area contributed by atoms with E-state index in [0.29, 0.717) is 56.5 Å². The number of carbonyl (C=O) groups excluding carboxylic acids is 1. The smallest absolute Gasteiger partial charge is 0.282 e.